The van der Waals surface area contributed by atoms with Crippen molar-refractivity contribution >= 4 is 23.4 Å². The average molecular weight is 267 g/mol. The fraction of sp³-hybridized carbons (Fsp3) is 0.462. The van der Waals surface area contributed by atoms with Gasteiger partial charge < -0.3 is 15.2 Å². The van der Waals surface area contributed by atoms with Gasteiger partial charge in [0.05, 0.1) is 6.10 Å². The number of carbonyl (C=O) groups is 1. The van der Waals surface area contributed by atoms with E-state index >= 15 is 0 Å². The molecule has 1 fully saturated rings. The minimum atomic E-state index is -0.859. The molecular formula is C13H17NO3S. The van der Waals surface area contributed by atoms with E-state index in [0.29, 0.717) is 13.0 Å². The first kappa shape index (κ1) is 13.2. The van der Waals surface area contributed by atoms with Crippen molar-refractivity contribution in [3.8, 4) is 0 Å². The summed E-state index contributed by atoms with van der Waals surface area (Å²) in [5, 5.41) is 12.1. The molecule has 0 amide bonds. The van der Waals surface area contributed by atoms with Gasteiger partial charge in [0.25, 0.3) is 0 Å². The number of anilines is 1. The van der Waals surface area contributed by atoms with Crippen LogP contribution in [-0.2, 0) is 9.53 Å². The van der Waals surface area contributed by atoms with Crippen LogP contribution in [0, 0.1) is 0 Å². The van der Waals surface area contributed by atoms with Crippen molar-refractivity contribution in [1.29, 1.82) is 0 Å². The summed E-state index contributed by atoms with van der Waals surface area (Å²) in [6.07, 6.45) is 2.80. The van der Waals surface area contributed by atoms with Crippen LogP contribution in [-0.4, -0.2) is 36.1 Å². The SMILES string of the molecule is CSc1cccc(NCC2CCC(C(=O)O)O2)c1. The molecule has 5 heteroatoms. The third-order valence-electron chi connectivity index (χ3n) is 2.99. The van der Waals surface area contributed by atoms with Crippen molar-refractivity contribution in [2.45, 2.75) is 29.9 Å². The van der Waals surface area contributed by atoms with Crippen LogP contribution in [0.2, 0.25) is 0 Å². The van der Waals surface area contributed by atoms with Crippen LogP contribution in [0.15, 0.2) is 29.2 Å². The number of nitrogens with one attached hydrogen (secondary N) is 1. The van der Waals surface area contributed by atoms with Crippen LogP contribution < -0.4 is 5.32 Å². The van der Waals surface area contributed by atoms with E-state index in [2.05, 4.69) is 17.4 Å². The number of rotatable bonds is 5. The highest BCUT2D eigenvalue weighted by molar-refractivity contribution is 7.98. The second kappa shape index (κ2) is 6.11. The summed E-state index contributed by atoms with van der Waals surface area (Å²) in [5.74, 6) is -0.859. The Kier molecular flexibility index (Phi) is 4.49. The number of hydrogen-bond donors (Lipinski definition) is 2. The Balaban J connectivity index is 1.83. The van der Waals surface area contributed by atoms with Gasteiger partial charge >= 0.3 is 5.97 Å². The number of carboxylic acid groups (broad SMARTS) is 1. The van der Waals surface area contributed by atoms with E-state index in [4.69, 9.17) is 9.84 Å². The van der Waals surface area contributed by atoms with Crippen molar-refractivity contribution in [2.24, 2.45) is 0 Å². The van der Waals surface area contributed by atoms with Crippen LogP contribution in [0.5, 0.6) is 0 Å². The van der Waals surface area contributed by atoms with Crippen LogP contribution in [0.3, 0.4) is 0 Å². The minimum absolute atomic E-state index is 0.0102. The summed E-state index contributed by atoms with van der Waals surface area (Å²) in [6.45, 7) is 0.654. The molecule has 1 aliphatic heterocycles. The lowest BCUT2D eigenvalue weighted by Gasteiger charge is -2.13. The maximum Gasteiger partial charge on any atom is 0.332 e. The third-order valence-corrected chi connectivity index (χ3v) is 3.71. The number of hydrogen-bond acceptors (Lipinski definition) is 4. The van der Waals surface area contributed by atoms with E-state index in [1.165, 1.54) is 4.90 Å². The number of thioether (sulfide) groups is 1. The smallest absolute Gasteiger partial charge is 0.332 e. The first-order chi connectivity index (χ1) is 8.69. The highest BCUT2D eigenvalue weighted by Gasteiger charge is 2.30. The zero-order valence-corrected chi connectivity index (χ0v) is 11.1. The monoisotopic (exact) mass is 267 g/mol. The molecule has 1 aromatic rings. The predicted octanol–water partition coefficient (Wildman–Crippen LogP) is 2.45. The highest BCUT2D eigenvalue weighted by atomic mass is 32.2. The largest absolute Gasteiger partial charge is 0.479 e. The Hall–Kier alpha value is -1.20. The van der Waals surface area contributed by atoms with Gasteiger partial charge in [0.15, 0.2) is 6.10 Å². The predicted molar refractivity (Wildman–Crippen MR) is 72.2 cm³/mol. The zero-order chi connectivity index (χ0) is 13.0. The van der Waals surface area contributed by atoms with Gasteiger partial charge in [-0.2, -0.15) is 0 Å². The number of benzene rings is 1. The number of ether oxygens (including phenoxy) is 1. The van der Waals surface area contributed by atoms with Gasteiger partial charge in [-0.25, -0.2) is 4.79 Å². The standard InChI is InChI=1S/C13H17NO3S/c1-18-11-4-2-3-9(7-11)14-8-10-5-6-12(17-10)13(15)16/h2-4,7,10,12,14H,5-6,8H2,1H3,(H,15,16). The van der Waals surface area contributed by atoms with E-state index in [-0.39, 0.29) is 6.10 Å². The lowest BCUT2D eigenvalue weighted by atomic mass is 10.2. The summed E-state index contributed by atoms with van der Waals surface area (Å²) in [5.41, 5.74) is 1.05. The van der Waals surface area contributed by atoms with Crippen molar-refractivity contribution in [3.05, 3.63) is 24.3 Å². The van der Waals surface area contributed by atoms with Gasteiger partial charge in [0.2, 0.25) is 0 Å². The van der Waals surface area contributed by atoms with Crippen molar-refractivity contribution in [2.75, 3.05) is 18.1 Å². The summed E-state index contributed by atoms with van der Waals surface area (Å²) >= 11 is 1.70. The molecule has 0 radical (unpaired) electrons. The molecule has 0 aromatic heterocycles. The van der Waals surface area contributed by atoms with Gasteiger partial charge in [-0.15, -0.1) is 11.8 Å². The molecule has 2 rings (SSSR count). The molecule has 2 N–H and O–H groups in total. The molecule has 0 bridgehead atoms. The van der Waals surface area contributed by atoms with Crippen LogP contribution in [0.4, 0.5) is 5.69 Å². The minimum Gasteiger partial charge on any atom is -0.479 e. The second-order valence-corrected chi connectivity index (χ2v) is 5.15. The fourth-order valence-corrected chi connectivity index (χ4v) is 2.46. The lowest BCUT2D eigenvalue weighted by molar-refractivity contribution is -0.149. The molecule has 1 heterocycles. The average Bonchev–Trinajstić information content (AvgIpc) is 2.85. The van der Waals surface area contributed by atoms with Crippen molar-refractivity contribution in [1.82, 2.24) is 0 Å². The van der Waals surface area contributed by atoms with Gasteiger partial charge in [-0.1, -0.05) is 6.07 Å². The molecule has 2 atom stereocenters. The highest BCUT2D eigenvalue weighted by Crippen LogP contribution is 2.22. The normalized spacial score (nSPS) is 22.9. The summed E-state index contributed by atoms with van der Waals surface area (Å²) in [6, 6.07) is 8.14. The van der Waals surface area contributed by atoms with Crippen LogP contribution in [0.1, 0.15) is 12.8 Å². The molecule has 1 saturated heterocycles. The van der Waals surface area contributed by atoms with E-state index < -0.39 is 12.1 Å². The Bertz CT molecular complexity index is 424. The molecular weight excluding hydrogens is 250 g/mol. The summed E-state index contributed by atoms with van der Waals surface area (Å²) < 4.78 is 5.43. The Morgan fingerprint density at radius 3 is 3.06 bits per heavy atom. The number of carboxylic acids is 1. The van der Waals surface area contributed by atoms with E-state index in [1.807, 2.05) is 18.4 Å². The molecule has 18 heavy (non-hydrogen) atoms. The molecule has 4 nitrogen and oxygen atoms in total. The van der Waals surface area contributed by atoms with Crippen LogP contribution in [0.25, 0.3) is 0 Å². The summed E-state index contributed by atoms with van der Waals surface area (Å²) in [7, 11) is 0. The Morgan fingerprint density at radius 2 is 2.39 bits per heavy atom. The zero-order valence-electron chi connectivity index (χ0n) is 10.3. The first-order valence-corrected chi connectivity index (χ1v) is 7.17. The summed E-state index contributed by atoms with van der Waals surface area (Å²) in [4.78, 5) is 12.0. The third kappa shape index (κ3) is 3.40. The quantitative estimate of drug-likeness (QED) is 0.803. The molecule has 98 valence electrons. The molecule has 0 aliphatic carbocycles. The Morgan fingerprint density at radius 1 is 1.56 bits per heavy atom. The molecule has 1 aromatic carbocycles. The molecule has 1 aliphatic rings. The van der Waals surface area contributed by atoms with Crippen molar-refractivity contribution < 1.29 is 14.6 Å². The lowest BCUT2D eigenvalue weighted by Crippen LogP contribution is -2.24. The van der Waals surface area contributed by atoms with Gasteiger partial charge in [0, 0.05) is 17.1 Å². The maximum atomic E-state index is 10.8. The fourth-order valence-electron chi connectivity index (χ4n) is 2.00. The van der Waals surface area contributed by atoms with Gasteiger partial charge in [-0.05, 0) is 37.3 Å². The van der Waals surface area contributed by atoms with E-state index in [0.717, 1.165) is 12.1 Å². The first-order valence-electron chi connectivity index (χ1n) is 5.95. The molecule has 2 unspecified atom stereocenters. The topological polar surface area (TPSA) is 58.6 Å². The second-order valence-electron chi connectivity index (χ2n) is 4.28. The molecule has 0 spiro atoms. The number of aliphatic carboxylic acids is 1. The Labute approximate surface area is 111 Å². The molecule has 0 saturated carbocycles. The van der Waals surface area contributed by atoms with Gasteiger partial charge in [-0.3, -0.25) is 0 Å². The van der Waals surface area contributed by atoms with Crippen molar-refractivity contribution in [3.63, 3.8) is 0 Å². The van der Waals surface area contributed by atoms with Gasteiger partial charge in [0.1, 0.15) is 0 Å². The van der Waals surface area contributed by atoms with E-state index in [9.17, 15) is 4.79 Å². The van der Waals surface area contributed by atoms with E-state index in [1.54, 1.807) is 11.8 Å². The van der Waals surface area contributed by atoms with Crippen LogP contribution >= 0.6 is 11.8 Å². The maximum absolute atomic E-state index is 10.8.